The first kappa shape index (κ1) is 13.7. The molecule has 1 rings (SSSR count). The first-order chi connectivity index (χ1) is 8.19. The molecule has 1 amide bonds. The van der Waals surface area contributed by atoms with Crippen LogP contribution in [0.3, 0.4) is 0 Å². The van der Waals surface area contributed by atoms with E-state index in [0.717, 1.165) is 0 Å². The number of carbonyl (C=O) groups is 2. The third kappa shape index (κ3) is 4.21. The summed E-state index contributed by atoms with van der Waals surface area (Å²) in [5.41, 5.74) is 0.443. The Bertz CT molecular complexity index is 397. The fourth-order valence-corrected chi connectivity index (χ4v) is 2.20. The first-order valence-electron chi connectivity index (χ1n) is 5.01. The molecule has 5 nitrogen and oxygen atoms in total. The Labute approximate surface area is 104 Å². The Morgan fingerprint density at radius 3 is 2.88 bits per heavy atom. The number of para-hydroxylation sites is 1. The zero-order valence-electron chi connectivity index (χ0n) is 9.42. The zero-order valence-corrected chi connectivity index (χ0v) is 11.3. The van der Waals surface area contributed by atoms with Gasteiger partial charge < -0.3 is 0 Å². The second-order valence-corrected chi connectivity index (χ2v) is 6.45. The maximum atomic E-state index is 11.7. The van der Waals surface area contributed by atoms with Crippen LogP contribution in [0.2, 0.25) is 5.21 Å². The van der Waals surface area contributed by atoms with Crippen LogP contribution in [0.25, 0.3) is 0 Å². The molecule has 0 saturated heterocycles. The molecule has 0 aliphatic heterocycles. The van der Waals surface area contributed by atoms with E-state index in [0.29, 0.717) is 28.1 Å². The third-order valence-electron chi connectivity index (χ3n) is 2.10. The van der Waals surface area contributed by atoms with Gasteiger partial charge >= 0.3 is 104 Å². The monoisotopic (exact) mass is 299 g/mol. The fraction of sp³-hybridized carbons (Fsp3) is 0.273. The van der Waals surface area contributed by atoms with Gasteiger partial charge in [0.25, 0.3) is 0 Å². The van der Waals surface area contributed by atoms with Gasteiger partial charge in [-0.2, -0.15) is 0 Å². The summed E-state index contributed by atoms with van der Waals surface area (Å²) in [6.07, 6.45) is 0. The van der Waals surface area contributed by atoms with Crippen molar-refractivity contribution in [2.24, 2.45) is 0 Å². The van der Waals surface area contributed by atoms with E-state index < -0.39 is 15.0 Å². The molecule has 0 bridgehead atoms. The van der Waals surface area contributed by atoms with E-state index in [2.05, 4.69) is 5.32 Å². The summed E-state index contributed by atoms with van der Waals surface area (Å²) >= 11 is -2.34. The van der Waals surface area contributed by atoms with Gasteiger partial charge in [-0.15, -0.1) is 0 Å². The van der Waals surface area contributed by atoms with Crippen molar-refractivity contribution in [1.29, 1.82) is 0 Å². The molecule has 1 atom stereocenters. The molecule has 1 aromatic rings. The van der Waals surface area contributed by atoms with Crippen LogP contribution in [0, 0.1) is 0 Å². The Balaban J connectivity index is 2.55. The summed E-state index contributed by atoms with van der Waals surface area (Å²) in [5, 5.41) is 3.57. The van der Waals surface area contributed by atoms with Gasteiger partial charge in [0, 0.05) is 0 Å². The first-order valence-corrected chi connectivity index (χ1v) is 8.26. The van der Waals surface area contributed by atoms with Crippen molar-refractivity contribution in [3.8, 4) is 5.75 Å². The average Bonchev–Trinajstić information content (AvgIpc) is 2.38. The number of hydrogen-bond acceptors (Lipinski definition) is 4. The number of rotatable bonds is 6. The second-order valence-electron chi connectivity index (χ2n) is 3.22. The topological polar surface area (TPSA) is 75.6 Å². The average molecular weight is 299 g/mol. The summed E-state index contributed by atoms with van der Waals surface area (Å²) in [5.74, 6) is 0.231. The molecule has 0 fully saturated rings. The summed E-state index contributed by atoms with van der Waals surface area (Å²) in [6, 6.07) is 6.87. The van der Waals surface area contributed by atoms with Gasteiger partial charge in [-0.25, -0.2) is 0 Å². The van der Waals surface area contributed by atoms with Crippen LogP contribution in [0.15, 0.2) is 24.3 Å². The minimum atomic E-state index is -2.34. The molecule has 0 heterocycles. The van der Waals surface area contributed by atoms with Gasteiger partial charge in [0.15, 0.2) is 0 Å². The molecule has 92 valence electrons. The van der Waals surface area contributed by atoms with Crippen LogP contribution in [0.1, 0.15) is 10.4 Å². The predicted molar refractivity (Wildman–Crippen MR) is 64.9 cm³/mol. The molecular weight excluding hydrogens is 285 g/mol. The van der Waals surface area contributed by atoms with Gasteiger partial charge in [0.05, 0.1) is 0 Å². The van der Waals surface area contributed by atoms with Gasteiger partial charge in [0.1, 0.15) is 0 Å². The van der Waals surface area contributed by atoms with Crippen molar-refractivity contribution in [3.63, 3.8) is 0 Å². The van der Waals surface area contributed by atoms with E-state index >= 15 is 0 Å². The molecule has 0 aliphatic carbocycles. The Hall–Kier alpha value is -1.32. The molecule has 0 aliphatic rings. The molecule has 0 aromatic heterocycles. The Morgan fingerprint density at radius 1 is 1.53 bits per heavy atom. The number of methoxy groups -OCH3 is 1. The number of ether oxygens (including phenoxy) is 1. The van der Waals surface area contributed by atoms with Crippen LogP contribution in [-0.2, 0) is 4.79 Å². The fourth-order valence-electron chi connectivity index (χ4n) is 1.26. The molecule has 0 radical (unpaired) electrons. The second kappa shape index (κ2) is 7.09. The zero-order chi connectivity index (χ0) is 12.7. The van der Waals surface area contributed by atoms with Crippen molar-refractivity contribution in [1.82, 2.24) is 5.32 Å². The number of hydrogen-bond donors (Lipinski definition) is 2. The standard InChI is InChI=1S/C11H14AsNO4/c1-17-10-5-3-2-4-9(10)11(15)13-7-6-12(16)8-14/h2-5,8,16H,6-7H2,1H3,(H,13,15). The van der Waals surface area contributed by atoms with Crippen LogP contribution >= 0.6 is 0 Å². The minimum absolute atomic E-state index is 0.268. The Morgan fingerprint density at radius 2 is 2.24 bits per heavy atom. The van der Waals surface area contributed by atoms with E-state index in [9.17, 15) is 9.59 Å². The number of nitrogens with one attached hydrogen (secondary N) is 1. The van der Waals surface area contributed by atoms with Crippen LogP contribution in [-0.4, -0.2) is 43.7 Å². The van der Waals surface area contributed by atoms with Crippen molar-refractivity contribution in [2.75, 3.05) is 13.7 Å². The van der Waals surface area contributed by atoms with E-state index in [1.54, 1.807) is 24.3 Å². The summed E-state index contributed by atoms with van der Waals surface area (Å²) in [6.45, 7) is 0.298. The molecule has 1 unspecified atom stereocenters. The molecular formula is C11H14AsNO4. The molecule has 0 saturated carbocycles. The Kier molecular flexibility index (Phi) is 5.73. The molecule has 2 N–H and O–H groups in total. The normalized spacial score (nSPS) is 11.6. The van der Waals surface area contributed by atoms with Crippen molar-refractivity contribution in [3.05, 3.63) is 29.8 Å². The van der Waals surface area contributed by atoms with Crippen molar-refractivity contribution in [2.45, 2.75) is 5.21 Å². The SMILES string of the molecule is COc1ccccc1C(=O)NCC[As](O)C=O. The summed E-state index contributed by atoms with van der Waals surface area (Å²) in [7, 11) is 1.50. The number of benzene rings is 1. The summed E-state index contributed by atoms with van der Waals surface area (Å²) in [4.78, 5) is 22.0. The predicted octanol–water partition coefficient (Wildman–Crippen LogP) is 0.181. The van der Waals surface area contributed by atoms with Crippen LogP contribution < -0.4 is 10.1 Å². The summed E-state index contributed by atoms with van der Waals surface area (Å²) < 4.78 is 14.2. The van der Waals surface area contributed by atoms with Crippen molar-refractivity contribution >= 4 is 26.0 Å². The van der Waals surface area contributed by atoms with E-state index in [4.69, 9.17) is 8.83 Å². The molecule has 17 heavy (non-hydrogen) atoms. The van der Waals surface area contributed by atoms with Crippen LogP contribution in [0.4, 0.5) is 0 Å². The van der Waals surface area contributed by atoms with E-state index in [1.165, 1.54) is 7.11 Å². The van der Waals surface area contributed by atoms with E-state index in [1.807, 2.05) is 0 Å². The van der Waals surface area contributed by atoms with Gasteiger partial charge in [-0.1, -0.05) is 0 Å². The van der Waals surface area contributed by atoms with E-state index in [-0.39, 0.29) is 5.91 Å². The van der Waals surface area contributed by atoms with Crippen molar-refractivity contribution < 1.29 is 18.4 Å². The van der Waals surface area contributed by atoms with Gasteiger partial charge in [-0.05, 0) is 0 Å². The quantitative estimate of drug-likeness (QED) is 0.580. The maximum absolute atomic E-state index is 11.7. The molecule has 6 heteroatoms. The number of carbonyl (C=O) groups excluding carboxylic acids is 2. The van der Waals surface area contributed by atoms with Gasteiger partial charge in [0.2, 0.25) is 0 Å². The number of amides is 1. The van der Waals surface area contributed by atoms with Gasteiger partial charge in [-0.3, -0.25) is 0 Å². The third-order valence-corrected chi connectivity index (χ3v) is 4.04. The molecule has 0 spiro atoms. The van der Waals surface area contributed by atoms with Crippen LogP contribution in [0.5, 0.6) is 5.75 Å². The molecule has 1 aromatic carbocycles.